The van der Waals surface area contributed by atoms with Gasteiger partial charge in [-0.3, -0.25) is 0 Å². The van der Waals surface area contributed by atoms with Crippen LogP contribution in [0.4, 0.5) is 10.2 Å². The first-order chi connectivity index (χ1) is 12.7. The third kappa shape index (κ3) is 3.28. The molecule has 0 bridgehead atoms. The second-order valence-corrected chi connectivity index (χ2v) is 8.51. The van der Waals surface area contributed by atoms with Gasteiger partial charge in [-0.2, -0.15) is 0 Å². The highest BCUT2D eigenvalue weighted by molar-refractivity contribution is 7.91. The van der Waals surface area contributed by atoms with E-state index < -0.39 is 15.7 Å². The third-order valence-corrected chi connectivity index (χ3v) is 6.16. The Morgan fingerprint density at radius 3 is 2.56 bits per heavy atom. The Bertz CT molecular complexity index is 1120. The van der Waals surface area contributed by atoms with Crippen LogP contribution in [0.3, 0.4) is 0 Å². The second kappa shape index (κ2) is 6.90. The Kier molecular flexibility index (Phi) is 4.92. The van der Waals surface area contributed by atoms with Crippen molar-refractivity contribution in [2.75, 3.05) is 26.5 Å². The van der Waals surface area contributed by atoms with Gasteiger partial charge in [0.15, 0.2) is 16.4 Å². The number of nitrogens with zero attached hydrogens (tertiary/aromatic N) is 4. The molecule has 2 heterocycles. The van der Waals surface area contributed by atoms with Gasteiger partial charge >= 0.3 is 0 Å². The van der Waals surface area contributed by atoms with Crippen molar-refractivity contribution in [3.8, 4) is 0 Å². The number of sulfone groups is 1. The average Bonchev–Trinajstić information content (AvgIpc) is 2.97. The van der Waals surface area contributed by atoms with Crippen LogP contribution in [-0.2, 0) is 16.4 Å². The van der Waals surface area contributed by atoms with Crippen molar-refractivity contribution in [1.82, 2.24) is 19.5 Å². The van der Waals surface area contributed by atoms with Gasteiger partial charge in [0, 0.05) is 30.5 Å². The summed E-state index contributed by atoms with van der Waals surface area (Å²) in [5.74, 6) is -0.441. The Hall–Kier alpha value is -2.52. The fourth-order valence-electron chi connectivity index (χ4n) is 3.05. The molecule has 2 aromatic heterocycles. The van der Waals surface area contributed by atoms with Gasteiger partial charge in [-0.1, -0.05) is 6.07 Å². The van der Waals surface area contributed by atoms with Crippen LogP contribution in [-0.4, -0.2) is 49.1 Å². The van der Waals surface area contributed by atoms with Gasteiger partial charge in [-0.05, 0) is 46.1 Å². The second-order valence-electron chi connectivity index (χ2n) is 6.62. The predicted octanol–water partition coefficient (Wildman–Crippen LogP) is 2.42. The maximum atomic E-state index is 13.6. The van der Waals surface area contributed by atoms with Gasteiger partial charge in [-0.25, -0.2) is 22.3 Å². The molecule has 0 atom stereocenters. The molecule has 9 heteroatoms. The zero-order valence-corrected chi connectivity index (χ0v) is 16.7. The maximum Gasteiger partial charge on any atom is 0.214 e. The molecule has 0 fully saturated rings. The van der Waals surface area contributed by atoms with Crippen LogP contribution in [0, 0.1) is 19.7 Å². The minimum Gasteiger partial charge on any atom is -0.370 e. The van der Waals surface area contributed by atoms with Crippen molar-refractivity contribution in [1.29, 1.82) is 0 Å². The van der Waals surface area contributed by atoms with E-state index in [2.05, 4.69) is 15.4 Å². The molecule has 0 unspecified atom stereocenters. The summed E-state index contributed by atoms with van der Waals surface area (Å²) in [6.07, 6.45) is 0. The molecule has 0 aliphatic rings. The first kappa shape index (κ1) is 19.2. The minimum atomic E-state index is -4.02. The van der Waals surface area contributed by atoms with E-state index in [1.165, 1.54) is 22.7 Å². The number of nitrogens with one attached hydrogen (secondary N) is 1. The van der Waals surface area contributed by atoms with E-state index in [0.717, 1.165) is 23.0 Å². The average molecular weight is 391 g/mol. The number of benzene rings is 1. The molecule has 3 rings (SSSR count). The van der Waals surface area contributed by atoms with Gasteiger partial charge < -0.3 is 10.2 Å². The quantitative estimate of drug-likeness (QED) is 0.720. The van der Waals surface area contributed by atoms with Crippen molar-refractivity contribution in [2.24, 2.45) is 0 Å². The highest BCUT2D eigenvalue weighted by atomic mass is 32.2. The molecule has 0 aliphatic carbocycles. The Labute approximate surface area is 157 Å². The summed E-state index contributed by atoms with van der Waals surface area (Å²) >= 11 is 0. The number of aromatic nitrogens is 3. The molecule has 0 aliphatic heterocycles. The van der Waals surface area contributed by atoms with E-state index >= 15 is 0 Å². The number of hydrogen-bond acceptors (Lipinski definition) is 6. The van der Waals surface area contributed by atoms with Gasteiger partial charge in [0.2, 0.25) is 9.84 Å². The van der Waals surface area contributed by atoms with Gasteiger partial charge in [0.25, 0.3) is 0 Å². The van der Waals surface area contributed by atoms with E-state index in [0.29, 0.717) is 6.54 Å². The normalized spacial score (nSPS) is 12.1. The number of hydrogen-bond donors (Lipinski definition) is 1. The number of fused-ring (bicyclic) bond motifs is 1. The molecule has 0 saturated carbocycles. The predicted molar refractivity (Wildman–Crippen MR) is 101 cm³/mol. The van der Waals surface area contributed by atoms with Gasteiger partial charge in [-0.15, -0.1) is 5.10 Å². The minimum absolute atomic E-state index is 0.0572. The molecule has 7 nitrogen and oxygen atoms in total. The standard InChI is InChI=1S/C18H22FN5O2S/c1-11-15(10-23(4)5)12(2)24-18(21-11)16(17(20-3)22-24)27(25,26)14-8-6-7-13(19)9-14/h6-9H,10H2,1-5H3,(H,20,22). The largest absolute Gasteiger partial charge is 0.370 e. The summed E-state index contributed by atoms with van der Waals surface area (Å²) in [5, 5.41) is 7.23. The molecule has 1 aromatic carbocycles. The highest BCUT2D eigenvalue weighted by Crippen LogP contribution is 2.32. The molecule has 0 amide bonds. The first-order valence-electron chi connectivity index (χ1n) is 8.38. The first-order valence-corrected chi connectivity index (χ1v) is 9.87. The Morgan fingerprint density at radius 2 is 1.96 bits per heavy atom. The van der Waals surface area contributed by atoms with E-state index in [-0.39, 0.29) is 21.3 Å². The smallest absolute Gasteiger partial charge is 0.214 e. The summed E-state index contributed by atoms with van der Waals surface area (Å²) < 4.78 is 41.6. The van der Waals surface area contributed by atoms with Crippen LogP contribution >= 0.6 is 0 Å². The van der Waals surface area contributed by atoms with Gasteiger partial charge in [0.1, 0.15) is 5.82 Å². The van der Waals surface area contributed by atoms with Crippen LogP contribution in [0.5, 0.6) is 0 Å². The SMILES string of the molecule is CNc1nn2c(C)c(CN(C)C)c(C)nc2c1S(=O)(=O)c1cccc(F)c1. The number of halogens is 1. The van der Waals surface area contributed by atoms with Crippen LogP contribution in [0.25, 0.3) is 5.65 Å². The monoisotopic (exact) mass is 391 g/mol. The summed E-state index contributed by atoms with van der Waals surface area (Å²) in [7, 11) is 1.48. The van der Waals surface area contributed by atoms with Crippen molar-refractivity contribution < 1.29 is 12.8 Å². The lowest BCUT2D eigenvalue weighted by Gasteiger charge is -2.15. The molecule has 27 heavy (non-hydrogen) atoms. The summed E-state index contributed by atoms with van der Waals surface area (Å²) in [6.45, 7) is 4.38. The lowest BCUT2D eigenvalue weighted by molar-refractivity contribution is 0.398. The molecule has 0 saturated heterocycles. The molecule has 0 radical (unpaired) electrons. The number of anilines is 1. The summed E-state index contributed by atoms with van der Waals surface area (Å²) in [4.78, 5) is 6.35. The van der Waals surface area contributed by atoms with E-state index in [4.69, 9.17) is 0 Å². The maximum absolute atomic E-state index is 13.6. The number of rotatable bonds is 5. The molecule has 0 spiro atoms. The van der Waals surface area contributed by atoms with Crippen LogP contribution in [0.1, 0.15) is 17.0 Å². The zero-order chi connectivity index (χ0) is 19.9. The topological polar surface area (TPSA) is 79.6 Å². The van der Waals surface area contributed by atoms with Crippen LogP contribution < -0.4 is 5.32 Å². The van der Waals surface area contributed by atoms with Crippen molar-refractivity contribution in [3.63, 3.8) is 0 Å². The number of aryl methyl sites for hydroxylation is 2. The lowest BCUT2D eigenvalue weighted by atomic mass is 10.1. The molecule has 144 valence electrons. The van der Waals surface area contributed by atoms with Gasteiger partial charge in [0.05, 0.1) is 4.90 Å². The van der Waals surface area contributed by atoms with E-state index in [1.807, 2.05) is 32.8 Å². The molecule has 3 aromatic rings. The van der Waals surface area contributed by atoms with E-state index in [9.17, 15) is 12.8 Å². The van der Waals surface area contributed by atoms with E-state index in [1.54, 1.807) is 7.05 Å². The Balaban J connectivity index is 2.33. The fourth-order valence-corrected chi connectivity index (χ4v) is 4.58. The summed E-state index contributed by atoms with van der Waals surface area (Å²) in [6, 6.07) is 4.93. The van der Waals surface area contributed by atoms with Crippen molar-refractivity contribution in [3.05, 3.63) is 47.0 Å². The lowest BCUT2D eigenvalue weighted by Crippen LogP contribution is -2.16. The van der Waals surface area contributed by atoms with Crippen molar-refractivity contribution >= 4 is 21.3 Å². The van der Waals surface area contributed by atoms with Crippen molar-refractivity contribution in [2.45, 2.75) is 30.2 Å². The highest BCUT2D eigenvalue weighted by Gasteiger charge is 2.30. The zero-order valence-electron chi connectivity index (χ0n) is 15.9. The molecular formula is C18H22FN5O2S. The molecule has 1 N–H and O–H groups in total. The molecular weight excluding hydrogens is 369 g/mol. The van der Waals surface area contributed by atoms with Crippen LogP contribution in [0.15, 0.2) is 34.1 Å². The van der Waals surface area contributed by atoms with Crippen LogP contribution in [0.2, 0.25) is 0 Å². The fraction of sp³-hybridized carbons (Fsp3) is 0.333. The Morgan fingerprint density at radius 1 is 1.26 bits per heavy atom. The third-order valence-electron chi connectivity index (χ3n) is 4.37. The summed E-state index contributed by atoms with van der Waals surface area (Å²) in [5.41, 5.74) is 2.74.